The van der Waals surface area contributed by atoms with E-state index in [0.29, 0.717) is 0 Å². The molecule has 1 aliphatic rings. The van der Waals surface area contributed by atoms with E-state index >= 15 is 0 Å². The molecular formula is C8H10BrNO2. The first-order valence-electron chi connectivity index (χ1n) is 4.01. The average molecular weight is 232 g/mol. The van der Waals surface area contributed by atoms with Crippen LogP contribution in [0.1, 0.15) is 30.4 Å². The van der Waals surface area contributed by atoms with Crippen LogP contribution in [0.15, 0.2) is 10.8 Å². The standard InChI is InChI=1S/C8H10BrNO2/c9-4-6-8(12-5-10-6)7-2-1-3-11-7/h5,7H,1-4H2. The SMILES string of the molecule is BrCc1ncoc1C1CCCO1. The van der Waals surface area contributed by atoms with Crippen molar-refractivity contribution in [3.63, 3.8) is 0 Å². The van der Waals surface area contributed by atoms with Gasteiger partial charge in [0, 0.05) is 11.9 Å². The van der Waals surface area contributed by atoms with E-state index in [9.17, 15) is 0 Å². The fourth-order valence-corrected chi connectivity index (χ4v) is 1.85. The van der Waals surface area contributed by atoms with Crippen LogP contribution in [0.4, 0.5) is 0 Å². The highest BCUT2D eigenvalue weighted by molar-refractivity contribution is 9.08. The molecule has 4 heteroatoms. The highest BCUT2D eigenvalue weighted by Crippen LogP contribution is 2.30. The van der Waals surface area contributed by atoms with Crippen LogP contribution in [0.3, 0.4) is 0 Å². The van der Waals surface area contributed by atoms with E-state index in [2.05, 4.69) is 20.9 Å². The molecular weight excluding hydrogens is 222 g/mol. The Morgan fingerprint density at radius 3 is 3.25 bits per heavy atom. The molecule has 1 unspecified atom stereocenters. The third-order valence-corrected chi connectivity index (χ3v) is 2.55. The quantitative estimate of drug-likeness (QED) is 0.734. The molecule has 0 amide bonds. The Morgan fingerprint density at radius 2 is 2.58 bits per heavy atom. The van der Waals surface area contributed by atoms with Gasteiger partial charge < -0.3 is 9.15 Å². The first-order chi connectivity index (χ1) is 5.92. The largest absolute Gasteiger partial charge is 0.445 e. The lowest BCUT2D eigenvalue weighted by Crippen LogP contribution is -1.97. The lowest BCUT2D eigenvalue weighted by molar-refractivity contribution is 0.0929. The predicted molar refractivity (Wildman–Crippen MR) is 47.1 cm³/mol. The van der Waals surface area contributed by atoms with Crippen molar-refractivity contribution in [3.05, 3.63) is 17.8 Å². The number of halogens is 1. The minimum atomic E-state index is 0.139. The zero-order valence-corrected chi connectivity index (χ0v) is 8.21. The molecule has 2 rings (SSSR count). The molecule has 2 heterocycles. The first-order valence-corrected chi connectivity index (χ1v) is 5.14. The van der Waals surface area contributed by atoms with Gasteiger partial charge >= 0.3 is 0 Å². The molecule has 3 nitrogen and oxygen atoms in total. The Hall–Kier alpha value is -0.350. The lowest BCUT2D eigenvalue weighted by Gasteiger charge is -2.05. The summed E-state index contributed by atoms with van der Waals surface area (Å²) in [6.45, 7) is 0.840. The Kier molecular flexibility index (Phi) is 2.46. The molecule has 1 aromatic heterocycles. The highest BCUT2D eigenvalue weighted by Gasteiger charge is 2.23. The molecule has 1 aliphatic heterocycles. The summed E-state index contributed by atoms with van der Waals surface area (Å²) in [7, 11) is 0. The normalized spacial score (nSPS) is 23.2. The molecule has 0 radical (unpaired) electrons. The molecule has 0 spiro atoms. The number of ether oxygens (including phenoxy) is 1. The minimum absolute atomic E-state index is 0.139. The van der Waals surface area contributed by atoms with Crippen molar-refractivity contribution in [3.8, 4) is 0 Å². The zero-order chi connectivity index (χ0) is 8.39. The molecule has 0 aromatic carbocycles. The molecule has 0 N–H and O–H groups in total. The molecule has 1 atom stereocenters. The van der Waals surface area contributed by atoms with Gasteiger partial charge in [-0.05, 0) is 12.8 Å². The van der Waals surface area contributed by atoms with E-state index in [1.165, 1.54) is 6.39 Å². The number of rotatable bonds is 2. The third-order valence-electron chi connectivity index (χ3n) is 2.02. The van der Waals surface area contributed by atoms with Gasteiger partial charge in [-0.15, -0.1) is 0 Å². The summed E-state index contributed by atoms with van der Waals surface area (Å²) in [5.41, 5.74) is 0.960. The maximum atomic E-state index is 5.49. The van der Waals surface area contributed by atoms with Crippen LogP contribution in [0.5, 0.6) is 0 Å². The monoisotopic (exact) mass is 231 g/mol. The second-order valence-electron chi connectivity index (χ2n) is 2.80. The maximum absolute atomic E-state index is 5.49. The van der Waals surface area contributed by atoms with Gasteiger partial charge in [-0.3, -0.25) is 0 Å². The Labute approximate surface area is 79.2 Å². The summed E-state index contributed by atoms with van der Waals surface area (Å²) in [6.07, 6.45) is 3.79. The first kappa shape index (κ1) is 8.26. The molecule has 0 bridgehead atoms. The molecule has 66 valence electrons. The van der Waals surface area contributed by atoms with Gasteiger partial charge in [-0.25, -0.2) is 4.98 Å². The predicted octanol–water partition coefficient (Wildman–Crippen LogP) is 2.42. The van der Waals surface area contributed by atoms with E-state index in [0.717, 1.165) is 36.2 Å². The zero-order valence-electron chi connectivity index (χ0n) is 6.62. The number of oxazole rings is 1. The van der Waals surface area contributed by atoms with Gasteiger partial charge in [0.25, 0.3) is 0 Å². The fourth-order valence-electron chi connectivity index (χ4n) is 1.42. The topological polar surface area (TPSA) is 35.3 Å². The van der Waals surface area contributed by atoms with Gasteiger partial charge in [-0.1, -0.05) is 15.9 Å². The molecule has 0 aliphatic carbocycles. The number of hydrogen-bond donors (Lipinski definition) is 0. The fraction of sp³-hybridized carbons (Fsp3) is 0.625. The van der Waals surface area contributed by atoms with E-state index in [1.807, 2.05) is 0 Å². The Balaban J connectivity index is 2.19. The van der Waals surface area contributed by atoms with Gasteiger partial charge in [-0.2, -0.15) is 0 Å². The van der Waals surface area contributed by atoms with Crippen LogP contribution >= 0.6 is 15.9 Å². The van der Waals surface area contributed by atoms with E-state index < -0.39 is 0 Å². The Morgan fingerprint density at radius 1 is 1.67 bits per heavy atom. The van der Waals surface area contributed by atoms with Crippen molar-refractivity contribution in [2.24, 2.45) is 0 Å². The number of aromatic nitrogens is 1. The lowest BCUT2D eigenvalue weighted by atomic mass is 10.2. The van der Waals surface area contributed by atoms with Crippen LogP contribution < -0.4 is 0 Å². The molecule has 1 saturated heterocycles. The number of hydrogen-bond acceptors (Lipinski definition) is 3. The van der Waals surface area contributed by atoms with Gasteiger partial charge in [0.05, 0.1) is 5.69 Å². The van der Waals surface area contributed by atoms with Crippen LogP contribution in [0, 0.1) is 0 Å². The van der Waals surface area contributed by atoms with Gasteiger partial charge in [0.1, 0.15) is 6.10 Å². The summed E-state index contributed by atoms with van der Waals surface area (Å²) in [4.78, 5) is 4.09. The summed E-state index contributed by atoms with van der Waals surface area (Å²) >= 11 is 3.36. The van der Waals surface area contributed by atoms with Gasteiger partial charge in [0.2, 0.25) is 0 Å². The van der Waals surface area contributed by atoms with Gasteiger partial charge in [0.15, 0.2) is 12.2 Å². The summed E-state index contributed by atoms with van der Waals surface area (Å²) in [5.74, 6) is 0.893. The van der Waals surface area contributed by atoms with Crippen LogP contribution in [0.2, 0.25) is 0 Å². The van der Waals surface area contributed by atoms with Crippen LogP contribution in [-0.2, 0) is 10.1 Å². The third kappa shape index (κ3) is 1.41. The minimum Gasteiger partial charge on any atom is -0.445 e. The summed E-state index contributed by atoms with van der Waals surface area (Å²) in [6, 6.07) is 0. The van der Waals surface area contributed by atoms with E-state index in [1.54, 1.807) is 0 Å². The van der Waals surface area contributed by atoms with Crippen molar-refractivity contribution in [2.75, 3.05) is 6.61 Å². The molecule has 1 fully saturated rings. The number of nitrogens with zero attached hydrogens (tertiary/aromatic N) is 1. The summed E-state index contributed by atoms with van der Waals surface area (Å²) < 4.78 is 10.8. The van der Waals surface area contributed by atoms with Crippen LogP contribution in [0.25, 0.3) is 0 Å². The maximum Gasteiger partial charge on any atom is 0.181 e. The van der Waals surface area contributed by atoms with Crippen molar-refractivity contribution in [1.29, 1.82) is 0 Å². The van der Waals surface area contributed by atoms with Crippen molar-refractivity contribution in [2.45, 2.75) is 24.3 Å². The Bertz CT molecular complexity index is 255. The molecule has 1 aromatic rings. The molecule has 0 saturated carbocycles. The van der Waals surface area contributed by atoms with Crippen molar-refractivity contribution < 1.29 is 9.15 Å². The van der Waals surface area contributed by atoms with E-state index in [4.69, 9.17) is 9.15 Å². The van der Waals surface area contributed by atoms with E-state index in [-0.39, 0.29) is 6.10 Å². The molecule has 12 heavy (non-hydrogen) atoms. The average Bonchev–Trinajstić information content (AvgIpc) is 2.74. The highest BCUT2D eigenvalue weighted by atomic mass is 79.9. The van der Waals surface area contributed by atoms with Crippen LogP contribution in [-0.4, -0.2) is 11.6 Å². The second-order valence-corrected chi connectivity index (χ2v) is 3.36. The summed E-state index contributed by atoms with van der Waals surface area (Å²) in [5, 5.41) is 0.735. The second kappa shape index (κ2) is 3.58. The van der Waals surface area contributed by atoms with Crippen molar-refractivity contribution >= 4 is 15.9 Å². The van der Waals surface area contributed by atoms with Crippen molar-refractivity contribution in [1.82, 2.24) is 4.98 Å². The smallest absolute Gasteiger partial charge is 0.181 e. The number of alkyl halides is 1.